The number of carbonyl (C=O) groups excluding carboxylic acids is 2. The fourth-order valence-corrected chi connectivity index (χ4v) is 4.47. The molecular weight excluding hydrogens is 420 g/mol. The van der Waals surface area contributed by atoms with Gasteiger partial charge in [-0.3, -0.25) is 19.7 Å². The number of ketones is 1. The van der Waals surface area contributed by atoms with Gasteiger partial charge in [0.15, 0.2) is 5.78 Å². The van der Waals surface area contributed by atoms with Gasteiger partial charge >= 0.3 is 0 Å². The Hall–Kier alpha value is -3.81. The normalized spacial score (nSPS) is 14.6. The Balaban J connectivity index is 1.73. The highest BCUT2D eigenvalue weighted by Crippen LogP contribution is 2.38. The molecule has 2 aromatic carbocycles. The minimum Gasteiger partial charge on any atom is -0.337 e. The van der Waals surface area contributed by atoms with E-state index in [0.717, 1.165) is 5.56 Å². The van der Waals surface area contributed by atoms with Gasteiger partial charge in [-0.05, 0) is 36.5 Å². The molecule has 1 heterocycles. The maximum Gasteiger partial charge on any atom is 0.295 e. The first-order chi connectivity index (χ1) is 15.6. The van der Waals surface area contributed by atoms with E-state index in [2.05, 4.69) is 5.10 Å². The van der Waals surface area contributed by atoms with E-state index in [0.29, 0.717) is 36.3 Å². The average molecular weight is 447 g/mol. The van der Waals surface area contributed by atoms with Crippen LogP contribution in [0.2, 0.25) is 0 Å². The van der Waals surface area contributed by atoms with Crippen LogP contribution in [-0.4, -0.2) is 38.3 Å². The molecule has 8 nitrogen and oxygen atoms in total. The lowest BCUT2D eigenvalue weighted by atomic mass is 9.75. The van der Waals surface area contributed by atoms with Crippen LogP contribution < -0.4 is 0 Å². The number of Topliss-reactive ketones (excluding diaryl/α,β-unsaturated/α-hetero) is 1. The van der Waals surface area contributed by atoms with Gasteiger partial charge in [0, 0.05) is 31.6 Å². The second-order valence-corrected chi connectivity index (χ2v) is 9.37. The number of aromatic nitrogens is 2. The Morgan fingerprint density at radius 2 is 1.88 bits per heavy atom. The number of nitro groups is 1. The minimum absolute atomic E-state index is 0.00184. The first kappa shape index (κ1) is 22.4. The topological polar surface area (TPSA) is 98.3 Å². The van der Waals surface area contributed by atoms with Crippen molar-refractivity contribution >= 4 is 17.4 Å². The number of benzene rings is 2. The van der Waals surface area contributed by atoms with E-state index in [-0.39, 0.29) is 34.0 Å². The fourth-order valence-electron chi connectivity index (χ4n) is 4.47. The molecular formula is C25H26N4O4. The predicted molar refractivity (Wildman–Crippen MR) is 124 cm³/mol. The molecule has 0 unspecified atom stereocenters. The van der Waals surface area contributed by atoms with E-state index >= 15 is 0 Å². The van der Waals surface area contributed by atoms with Gasteiger partial charge in [-0.15, -0.1) is 0 Å². The number of fused-ring (bicyclic) bond motifs is 1. The van der Waals surface area contributed by atoms with Gasteiger partial charge in [0.2, 0.25) is 0 Å². The number of nitro benzene ring substituents is 1. The van der Waals surface area contributed by atoms with Gasteiger partial charge in [-0.25, -0.2) is 4.68 Å². The summed E-state index contributed by atoms with van der Waals surface area (Å²) in [4.78, 5) is 38.7. The second kappa shape index (κ2) is 8.27. The monoisotopic (exact) mass is 446 g/mol. The summed E-state index contributed by atoms with van der Waals surface area (Å²) in [6.07, 6.45) is 0.988. The molecule has 0 aliphatic heterocycles. The third-order valence-corrected chi connectivity index (χ3v) is 5.98. The molecule has 0 saturated carbocycles. The number of rotatable bonds is 5. The molecule has 0 radical (unpaired) electrons. The molecule has 0 fully saturated rings. The first-order valence-corrected chi connectivity index (χ1v) is 10.8. The summed E-state index contributed by atoms with van der Waals surface area (Å²) in [7, 11) is 1.66. The number of aryl methyl sites for hydroxylation is 1. The summed E-state index contributed by atoms with van der Waals surface area (Å²) in [5, 5.41) is 16.5. The lowest BCUT2D eigenvalue weighted by Gasteiger charge is -2.29. The Labute approximate surface area is 192 Å². The predicted octanol–water partition coefficient (Wildman–Crippen LogP) is 4.52. The molecule has 0 spiro atoms. The van der Waals surface area contributed by atoms with Crippen LogP contribution in [0, 0.1) is 22.5 Å². The van der Waals surface area contributed by atoms with Crippen LogP contribution in [0.4, 0.5) is 5.69 Å². The molecule has 0 atom stereocenters. The van der Waals surface area contributed by atoms with Gasteiger partial charge in [0.1, 0.15) is 5.69 Å². The highest BCUT2D eigenvalue weighted by molar-refractivity contribution is 6.00. The van der Waals surface area contributed by atoms with Gasteiger partial charge in [0.25, 0.3) is 11.6 Å². The Kier molecular flexibility index (Phi) is 5.61. The van der Waals surface area contributed by atoms with Crippen molar-refractivity contribution in [3.8, 4) is 5.69 Å². The molecule has 1 aliphatic carbocycles. The number of hydrogen-bond donors (Lipinski definition) is 0. The average Bonchev–Trinajstić information content (AvgIpc) is 3.08. The summed E-state index contributed by atoms with van der Waals surface area (Å²) in [5.74, 6) is -0.314. The smallest absolute Gasteiger partial charge is 0.295 e. The van der Waals surface area contributed by atoms with Gasteiger partial charge in [0.05, 0.1) is 21.9 Å². The summed E-state index contributed by atoms with van der Waals surface area (Å²) in [6.45, 7) is 6.13. The number of carbonyl (C=O) groups is 2. The maximum atomic E-state index is 13.0. The number of nitrogens with zero attached hydrogens (tertiary/aromatic N) is 4. The molecule has 170 valence electrons. The Morgan fingerprint density at radius 3 is 2.55 bits per heavy atom. The maximum absolute atomic E-state index is 13.0. The van der Waals surface area contributed by atoms with Crippen molar-refractivity contribution in [1.29, 1.82) is 0 Å². The molecule has 0 bridgehead atoms. The molecule has 1 aliphatic rings. The van der Waals surface area contributed by atoms with Gasteiger partial charge in [-0.2, -0.15) is 5.10 Å². The molecule has 3 aromatic rings. The summed E-state index contributed by atoms with van der Waals surface area (Å²) >= 11 is 0. The summed E-state index contributed by atoms with van der Waals surface area (Å²) < 4.78 is 1.50. The highest BCUT2D eigenvalue weighted by Gasteiger charge is 2.37. The van der Waals surface area contributed by atoms with Crippen molar-refractivity contribution < 1.29 is 14.5 Å². The molecule has 4 rings (SSSR count). The van der Waals surface area contributed by atoms with E-state index < -0.39 is 4.92 Å². The van der Waals surface area contributed by atoms with E-state index in [1.165, 1.54) is 15.6 Å². The van der Waals surface area contributed by atoms with Gasteiger partial charge in [-0.1, -0.05) is 44.2 Å². The highest BCUT2D eigenvalue weighted by atomic mass is 16.6. The van der Waals surface area contributed by atoms with Crippen molar-refractivity contribution in [1.82, 2.24) is 14.7 Å². The Morgan fingerprint density at radius 1 is 1.18 bits per heavy atom. The van der Waals surface area contributed by atoms with Crippen LogP contribution in [0.5, 0.6) is 0 Å². The van der Waals surface area contributed by atoms with Crippen LogP contribution in [-0.2, 0) is 13.0 Å². The van der Waals surface area contributed by atoms with E-state index in [4.69, 9.17) is 0 Å². The third kappa shape index (κ3) is 4.28. The summed E-state index contributed by atoms with van der Waals surface area (Å²) in [5.41, 5.74) is 2.72. The van der Waals surface area contributed by atoms with Crippen molar-refractivity contribution in [3.05, 3.63) is 86.7 Å². The van der Waals surface area contributed by atoms with Crippen LogP contribution in [0.1, 0.15) is 57.9 Å². The van der Waals surface area contributed by atoms with Crippen molar-refractivity contribution in [2.45, 2.75) is 40.2 Å². The van der Waals surface area contributed by atoms with E-state index in [9.17, 15) is 19.7 Å². The quantitative estimate of drug-likeness (QED) is 0.424. The molecule has 1 amide bonds. The van der Waals surface area contributed by atoms with Crippen molar-refractivity contribution in [3.63, 3.8) is 0 Å². The zero-order chi connectivity index (χ0) is 23.9. The molecule has 1 aromatic heterocycles. The largest absolute Gasteiger partial charge is 0.337 e. The standard InChI is InChI=1S/C25H26N4O4/c1-16-23-21(13-25(2,3)14-22(23)30)28(26-16)19-11-10-18(12-20(19)29(32)33)24(31)27(4)15-17-8-6-5-7-9-17/h5-12H,13-15H2,1-4H3. The molecule has 0 N–H and O–H groups in total. The molecule has 33 heavy (non-hydrogen) atoms. The number of hydrogen-bond acceptors (Lipinski definition) is 5. The zero-order valence-corrected chi connectivity index (χ0v) is 19.2. The van der Waals surface area contributed by atoms with E-state index in [1.807, 2.05) is 44.2 Å². The van der Waals surface area contributed by atoms with Crippen LogP contribution in [0.25, 0.3) is 5.69 Å². The third-order valence-electron chi connectivity index (χ3n) is 5.98. The van der Waals surface area contributed by atoms with Crippen molar-refractivity contribution in [2.75, 3.05) is 7.05 Å². The second-order valence-electron chi connectivity index (χ2n) is 9.37. The number of amides is 1. The lowest BCUT2D eigenvalue weighted by Crippen LogP contribution is -2.28. The van der Waals surface area contributed by atoms with E-state index in [1.54, 1.807) is 26.1 Å². The van der Waals surface area contributed by atoms with Crippen molar-refractivity contribution in [2.24, 2.45) is 5.41 Å². The molecule has 0 saturated heterocycles. The minimum atomic E-state index is -0.511. The fraction of sp³-hybridized carbons (Fsp3) is 0.320. The zero-order valence-electron chi connectivity index (χ0n) is 19.2. The molecule has 8 heteroatoms. The SMILES string of the molecule is Cc1nn(-c2ccc(C(=O)N(C)Cc3ccccc3)cc2[N+](=O)[O-])c2c1C(=O)CC(C)(C)C2. The van der Waals surface area contributed by atoms with Crippen LogP contribution >= 0.6 is 0 Å². The van der Waals surface area contributed by atoms with Crippen LogP contribution in [0.15, 0.2) is 48.5 Å². The van der Waals surface area contributed by atoms with Crippen LogP contribution in [0.3, 0.4) is 0 Å². The summed E-state index contributed by atoms with van der Waals surface area (Å²) in [6, 6.07) is 13.9. The lowest BCUT2D eigenvalue weighted by molar-refractivity contribution is -0.384. The first-order valence-electron chi connectivity index (χ1n) is 10.8. The Bertz CT molecular complexity index is 1260. The van der Waals surface area contributed by atoms with Gasteiger partial charge < -0.3 is 4.90 Å².